The molecule has 1 nitrogen and oxygen atoms in total. The molecule has 0 saturated heterocycles. The van der Waals surface area contributed by atoms with Gasteiger partial charge in [-0.05, 0) is 19.9 Å². The van der Waals surface area contributed by atoms with Crippen LogP contribution < -0.4 is 4.98 Å². The number of aryl methyl sites for hydroxylation is 3. The fourth-order valence-electron chi connectivity index (χ4n) is 0.827. The molecule has 1 N–H and O–H groups in total. The summed E-state index contributed by atoms with van der Waals surface area (Å²) in [5.74, 6) is 0. The van der Waals surface area contributed by atoms with E-state index in [-0.39, 0.29) is 0 Å². The van der Waals surface area contributed by atoms with Crippen molar-refractivity contribution in [3.05, 3.63) is 29.1 Å². The number of halogens is 6. The zero-order valence-electron chi connectivity index (χ0n) is 8.87. The summed E-state index contributed by atoms with van der Waals surface area (Å²) in [7, 11) is -10.7. The van der Waals surface area contributed by atoms with Crippen molar-refractivity contribution >= 4 is 7.81 Å². The Morgan fingerprint density at radius 1 is 0.938 bits per heavy atom. The first-order chi connectivity index (χ1) is 6.65. The van der Waals surface area contributed by atoms with Crippen molar-refractivity contribution in [1.29, 1.82) is 0 Å². The minimum atomic E-state index is -10.7. The molecule has 1 rings (SSSR count). The number of pyridine rings is 1. The average Bonchev–Trinajstić information content (AvgIpc) is 1.91. The van der Waals surface area contributed by atoms with Gasteiger partial charge in [0, 0.05) is 18.1 Å². The summed E-state index contributed by atoms with van der Waals surface area (Å²) in [6.45, 7) is 6.27. The normalized spacial score (nSPS) is 15.6. The first-order valence-electron chi connectivity index (χ1n) is 4.17. The van der Waals surface area contributed by atoms with E-state index in [1.54, 1.807) is 0 Å². The van der Waals surface area contributed by atoms with E-state index in [1.165, 1.54) is 16.8 Å². The Kier molecular flexibility index (Phi) is 3.40. The molecule has 0 aliphatic heterocycles. The molecule has 0 aliphatic rings. The molecule has 0 bridgehead atoms. The first-order valence-corrected chi connectivity index (χ1v) is 6.20. The van der Waals surface area contributed by atoms with Crippen molar-refractivity contribution in [2.24, 2.45) is 0 Å². The molecule has 0 aromatic carbocycles. The summed E-state index contributed by atoms with van der Waals surface area (Å²) in [5, 5.41) is 0. The van der Waals surface area contributed by atoms with Gasteiger partial charge in [-0.3, -0.25) is 0 Å². The first kappa shape index (κ1) is 15.2. The molecule has 0 saturated carbocycles. The quantitative estimate of drug-likeness (QED) is 0.473. The van der Waals surface area contributed by atoms with Crippen LogP contribution in [0, 0.1) is 20.8 Å². The van der Waals surface area contributed by atoms with Gasteiger partial charge in [0.25, 0.3) is 0 Å². The van der Waals surface area contributed by atoms with Gasteiger partial charge in [0.1, 0.15) is 0 Å². The number of nitrogens with one attached hydrogen (secondary N) is 1. The van der Waals surface area contributed by atoms with Crippen LogP contribution in [0.3, 0.4) is 0 Å². The Morgan fingerprint density at radius 2 is 1.31 bits per heavy atom. The maximum absolute atomic E-state index is 10.7. The maximum atomic E-state index is 9.87. The predicted octanol–water partition coefficient (Wildman–Crippen LogP) is 4.81. The van der Waals surface area contributed by atoms with Crippen LogP contribution in [0.25, 0.3) is 0 Å². The van der Waals surface area contributed by atoms with Gasteiger partial charge in [0.05, 0.1) is 0 Å². The minimum absolute atomic E-state index is 1.25. The van der Waals surface area contributed by atoms with E-state index in [1.807, 2.05) is 6.20 Å². The molecule has 0 amide bonds. The van der Waals surface area contributed by atoms with Gasteiger partial charge in [-0.2, -0.15) is 0 Å². The van der Waals surface area contributed by atoms with E-state index in [4.69, 9.17) is 0 Å². The molecule has 0 aliphatic carbocycles. The van der Waals surface area contributed by atoms with Gasteiger partial charge >= 0.3 is 33.0 Å². The Morgan fingerprint density at radius 3 is 1.56 bits per heavy atom. The number of aromatic amines is 1. The van der Waals surface area contributed by atoms with Crippen molar-refractivity contribution in [2.75, 3.05) is 0 Å². The van der Waals surface area contributed by atoms with E-state index >= 15 is 0 Å². The van der Waals surface area contributed by atoms with Crippen LogP contribution in [-0.2, 0) is 0 Å². The van der Waals surface area contributed by atoms with Gasteiger partial charge in [-0.25, -0.2) is 4.98 Å². The Balaban J connectivity index is 0.000000293. The molecule has 0 radical (unpaired) electrons. The molecule has 8 heteroatoms. The van der Waals surface area contributed by atoms with Crippen LogP contribution in [0.2, 0.25) is 0 Å². The van der Waals surface area contributed by atoms with Gasteiger partial charge < -0.3 is 0 Å². The molecule has 0 spiro atoms. The molecule has 1 aromatic heterocycles. The molecule has 0 fully saturated rings. The van der Waals surface area contributed by atoms with Crippen molar-refractivity contribution in [1.82, 2.24) is 0 Å². The number of aromatic nitrogens is 1. The topological polar surface area (TPSA) is 14.1 Å². The Labute approximate surface area is 88.7 Å². The van der Waals surface area contributed by atoms with Crippen LogP contribution in [0.15, 0.2) is 12.3 Å². The third-order valence-electron chi connectivity index (χ3n) is 1.55. The molecule has 1 heterocycles. The van der Waals surface area contributed by atoms with Gasteiger partial charge in [0.15, 0.2) is 11.9 Å². The van der Waals surface area contributed by atoms with E-state index in [0.29, 0.717) is 0 Å². The molecule has 0 atom stereocenters. The standard InChI is InChI=1S/C8H11N.F6P/c1-6-4-7(2)8(3)9-5-6;1-7(2,3,4,5)6/h4-5H,1-3H3;/q;-1/p+1. The molecular weight excluding hydrogens is 255 g/mol. The second-order valence-electron chi connectivity index (χ2n) is 3.44. The van der Waals surface area contributed by atoms with Gasteiger partial charge in [-0.1, -0.05) is 0 Å². The van der Waals surface area contributed by atoms with E-state index in [0.717, 1.165) is 0 Å². The fourth-order valence-corrected chi connectivity index (χ4v) is 0.827. The van der Waals surface area contributed by atoms with E-state index in [9.17, 15) is 25.2 Å². The third-order valence-corrected chi connectivity index (χ3v) is 1.55. The monoisotopic (exact) mass is 267 g/mol. The van der Waals surface area contributed by atoms with Crippen molar-refractivity contribution < 1.29 is 30.2 Å². The SMILES string of the molecule is Cc1c[nH+]c(C)c(C)c1.F[P-](F)(F)(F)(F)F. The average molecular weight is 267 g/mol. The number of hydrogen-bond donors (Lipinski definition) is 0. The van der Waals surface area contributed by atoms with Gasteiger partial charge in [-0.15, -0.1) is 0 Å². The molecular formula is C8H12F6NP. The molecule has 1 aromatic rings. The summed E-state index contributed by atoms with van der Waals surface area (Å²) in [6, 6.07) is 2.17. The summed E-state index contributed by atoms with van der Waals surface area (Å²) < 4.78 is 59.2. The Hall–Kier alpha value is -0.840. The summed E-state index contributed by atoms with van der Waals surface area (Å²) in [6.07, 6.45) is 2.02. The second-order valence-corrected chi connectivity index (χ2v) is 5.36. The van der Waals surface area contributed by atoms with Gasteiger partial charge in [0.2, 0.25) is 0 Å². The third kappa shape index (κ3) is 13.2. The van der Waals surface area contributed by atoms with Crippen LogP contribution in [0.4, 0.5) is 25.2 Å². The number of H-pyrrole nitrogens is 1. The number of hydrogen-bond acceptors (Lipinski definition) is 0. The molecule has 96 valence electrons. The summed E-state index contributed by atoms with van der Waals surface area (Å²) >= 11 is 0. The van der Waals surface area contributed by atoms with Crippen LogP contribution in [0.5, 0.6) is 0 Å². The summed E-state index contributed by atoms with van der Waals surface area (Å²) in [5.41, 5.74) is 3.87. The molecule has 16 heavy (non-hydrogen) atoms. The predicted molar refractivity (Wildman–Crippen MR) is 50.8 cm³/mol. The zero-order chi connectivity index (χ0) is 13.3. The zero-order valence-corrected chi connectivity index (χ0v) is 9.76. The van der Waals surface area contributed by atoms with E-state index in [2.05, 4.69) is 31.8 Å². The molecule has 0 unspecified atom stereocenters. The summed E-state index contributed by atoms with van der Waals surface area (Å²) in [4.78, 5) is 3.17. The number of rotatable bonds is 0. The van der Waals surface area contributed by atoms with Crippen LogP contribution in [0.1, 0.15) is 16.8 Å². The van der Waals surface area contributed by atoms with Crippen molar-refractivity contribution in [2.45, 2.75) is 20.8 Å². The van der Waals surface area contributed by atoms with Crippen LogP contribution in [-0.4, -0.2) is 0 Å². The van der Waals surface area contributed by atoms with E-state index < -0.39 is 7.81 Å². The van der Waals surface area contributed by atoms with Crippen LogP contribution >= 0.6 is 7.81 Å². The second kappa shape index (κ2) is 3.58. The Bertz CT molecular complexity index is 370. The fraction of sp³-hybridized carbons (Fsp3) is 0.375. The van der Waals surface area contributed by atoms with Crippen molar-refractivity contribution in [3.63, 3.8) is 0 Å². The van der Waals surface area contributed by atoms with Crippen molar-refractivity contribution in [3.8, 4) is 0 Å².